The summed E-state index contributed by atoms with van der Waals surface area (Å²) in [6, 6.07) is 15.9. The number of furan rings is 1. The van der Waals surface area contributed by atoms with Crippen LogP contribution < -0.4 is 0 Å². The number of aromatic nitrogens is 5. The zero-order valence-corrected chi connectivity index (χ0v) is 17.7. The molecule has 0 saturated carbocycles. The van der Waals surface area contributed by atoms with E-state index in [1.165, 1.54) is 11.8 Å². The molecule has 4 aromatic heterocycles. The van der Waals surface area contributed by atoms with Gasteiger partial charge in [-0.1, -0.05) is 47.3 Å². The van der Waals surface area contributed by atoms with Crippen molar-refractivity contribution in [3.05, 3.63) is 77.4 Å². The van der Waals surface area contributed by atoms with Gasteiger partial charge in [0.15, 0.2) is 11.0 Å². The summed E-state index contributed by atoms with van der Waals surface area (Å²) < 4.78 is 13.0. The number of hydrogen-bond acceptors (Lipinski definition) is 8. The highest BCUT2D eigenvalue weighted by atomic mass is 32.2. The Balaban J connectivity index is 1.42. The second-order valence-corrected chi connectivity index (χ2v) is 8.45. The topological polar surface area (TPSA) is 82.8 Å². The van der Waals surface area contributed by atoms with E-state index >= 15 is 0 Å². The Morgan fingerprint density at radius 3 is 2.80 bits per heavy atom. The van der Waals surface area contributed by atoms with Crippen LogP contribution in [0.2, 0.25) is 0 Å². The smallest absolute Gasteiger partial charge is 0.237 e. The number of benzene rings is 1. The first-order chi connectivity index (χ1) is 14.8. The molecule has 5 aromatic rings. The van der Waals surface area contributed by atoms with Gasteiger partial charge in [0.1, 0.15) is 5.76 Å². The number of thiophene rings is 1. The molecule has 0 aliphatic heterocycles. The van der Waals surface area contributed by atoms with Gasteiger partial charge in [0.25, 0.3) is 0 Å². The fourth-order valence-electron chi connectivity index (χ4n) is 3.07. The lowest BCUT2D eigenvalue weighted by Crippen LogP contribution is -2.04. The van der Waals surface area contributed by atoms with Gasteiger partial charge in [-0.05, 0) is 36.1 Å². The largest absolute Gasteiger partial charge is 0.467 e. The molecule has 0 radical (unpaired) electrons. The Morgan fingerprint density at radius 2 is 2.00 bits per heavy atom. The van der Waals surface area contributed by atoms with Crippen LogP contribution in [0.25, 0.3) is 22.1 Å². The molecule has 0 bridgehead atoms. The van der Waals surface area contributed by atoms with Gasteiger partial charge in [-0.3, -0.25) is 4.57 Å². The van der Waals surface area contributed by atoms with Gasteiger partial charge in [0, 0.05) is 5.56 Å². The molecule has 7 nitrogen and oxygen atoms in total. The third kappa shape index (κ3) is 3.81. The molecule has 0 saturated heterocycles. The maximum atomic E-state index is 5.57. The number of nitrogens with zero attached hydrogens (tertiary/aromatic N) is 5. The summed E-state index contributed by atoms with van der Waals surface area (Å²) in [6.07, 6.45) is 1.67. The van der Waals surface area contributed by atoms with Crippen molar-refractivity contribution in [2.24, 2.45) is 0 Å². The van der Waals surface area contributed by atoms with Crippen LogP contribution in [0.3, 0.4) is 0 Å². The highest BCUT2D eigenvalue weighted by molar-refractivity contribution is 7.98. The molecule has 0 spiro atoms. The van der Waals surface area contributed by atoms with Crippen molar-refractivity contribution in [3.8, 4) is 22.1 Å². The molecule has 0 aliphatic carbocycles. The SMILES string of the molecule is Cc1ccccc1-c1nnc(SCc2nc(-c3cccs3)no2)n1Cc1ccco1. The lowest BCUT2D eigenvalue weighted by molar-refractivity contribution is 0.391. The van der Waals surface area contributed by atoms with Gasteiger partial charge in [-0.2, -0.15) is 4.98 Å². The first-order valence-corrected chi connectivity index (χ1v) is 11.2. The molecule has 0 atom stereocenters. The van der Waals surface area contributed by atoms with Crippen molar-refractivity contribution in [1.29, 1.82) is 0 Å². The summed E-state index contributed by atoms with van der Waals surface area (Å²) in [7, 11) is 0. The van der Waals surface area contributed by atoms with Crippen molar-refractivity contribution in [2.75, 3.05) is 0 Å². The molecule has 9 heteroatoms. The molecule has 150 valence electrons. The molecule has 0 unspecified atom stereocenters. The lowest BCUT2D eigenvalue weighted by atomic mass is 10.1. The molecule has 30 heavy (non-hydrogen) atoms. The molecule has 5 rings (SSSR count). The van der Waals surface area contributed by atoms with Gasteiger partial charge in [-0.15, -0.1) is 21.5 Å². The molecule has 0 amide bonds. The van der Waals surface area contributed by atoms with Crippen molar-refractivity contribution in [1.82, 2.24) is 24.9 Å². The van der Waals surface area contributed by atoms with Crippen LogP contribution in [-0.2, 0) is 12.3 Å². The number of aryl methyl sites for hydroxylation is 1. The summed E-state index contributed by atoms with van der Waals surface area (Å²) in [5.41, 5.74) is 2.18. The minimum Gasteiger partial charge on any atom is -0.467 e. The van der Waals surface area contributed by atoms with E-state index in [4.69, 9.17) is 8.94 Å². The Morgan fingerprint density at radius 1 is 1.07 bits per heavy atom. The summed E-state index contributed by atoms with van der Waals surface area (Å²) in [5.74, 6) is 3.30. The Kier molecular flexibility index (Phi) is 5.20. The highest BCUT2D eigenvalue weighted by Crippen LogP contribution is 2.29. The second-order valence-electron chi connectivity index (χ2n) is 6.56. The molecule has 1 aromatic carbocycles. The van der Waals surface area contributed by atoms with E-state index in [-0.39, 0.29) is 0 Å². The van der Waals surface area contributed by atoms with Crippen LogP contribution in [0, 0.1) is 6.92 Å². The first kappa shape index (κ1) is 18.8. The molecule has 0 aliphatic rings. The standard InChI is InChI=1S/C21H17N5O2S2/c1-14-6-2-3-8-16(14)20-23-24-21(26(20)12-15-7-4-10-27-15)30-13-18-22-19(25-28-18)17-9-5-11-29-17/h2-11H,12-13H2,1H3. The minimum atomic E-state index is 0.502. The minimum absolute atomic E-state index is 0.502. The molecular weight excluding hydrogens is 418 g/mol. The quantitative estimate of drug-likeness (QED) is 0.321. The number of thioether (sulfide) groups is 1. The van der Waals surface area contributed by atoms with Gasteiger partial charge in [0.2, 0.25) is 11.7 Å². The lowest BCUT2D eigenvalue weighted by Gasteiger charge is -2.10. The predicted molar refractivity (Wildman–Crippen MR) is 115 cm³/mol. The van der Waals surface area contributed by atoms with Gasteiger partial charge in [-0.25, -0.2) is 0 Å². The maximum Gasteiger partial charge on any atom is 0.237 e. The van der Waals surface area contributed by atoms with Crippen molar-refractivity contribution >= 4 is 23.1 Å². The average Bonchev–Trinajstić information content (AvgIpc) is 3.55. The van der Waals surface area contributed by atoms with Crippen LogP contribution in [0.1, 0.15) is 17.2 Å². The van der Waals surface area contributed by atoms with Gasteiger partial charge < -0.3 is 8.94 Å². The molecule has 0 N–H and O–H groups in total. The molecular formula is C21H17N5O2S2. The summed E-state index contributed by atoms with van der Waals surface area (Å²) in [4.78, 5) is 5.47. The van der Waals surface area contributed by atoms with Crippen LogP contribution in [0.15, 0.2) is 74.3 Å². The van der Waals surface area contributed by atoms with Crippen molar-refractivity contribution in [3.63, 3.8) is 0 Å². The van der Waals surface area contributed by atoms with Gasteiger partial charge >= 0.3 is 0 Å². The zero-order valence-electron chi connectivity index (χ0n) is 16.1. The average molecular weight is 436 g/mol. The first-order valence-electron chi connectivity index (χ1n) is 9.29. The Labute approximate surface area is 180 Å². The van der Waals surface area contributed by atoms with E-state index in [9.17, 15) is 0 Å². The summed E-state index contributed by atoms with van der Waals surface area (Å²) in [6.45, 7) is 2.61. The Hall–Kier alpha value is -3.17. The monoisotopic (exact) mass is 435 g/mol. The predicted octanol–water partition coefficient (Wildman–Crippen LogP) is 5.30. The highest BCUT2D eigenvalue weighted by Gasteiger charge is 2.18. The zero-order chi connectivity index (χ0) is 20.3. The normalized spacial score (nSPS) is 11.2. The third-order valence-corrected chi connectivity index (χ3v) is 6.35. The van der Waals surface area contributed by atoms with Gasteiger partial charge in [0.05, 0.1) is 23.4 Å². The van der Waals surface area contributed by atoms with E-state index in [0.717, 1.165) is 32.7 Å². The summed E-state index contributed by atoms with van der Waals surface area (Å²) >= 11 is 3.09. The van der Waals surface area contributed by atoms with Crippen molar-refractivity contribution in [2.45, 2.75) is 24.4 Å². The van der Waals surface area contributed by atoms with Crippen LogP contribution in [0.4, 0.5) is 0 Å². The van der Waals surface area contributed by atoms with Crippen LogP contribution in [-0.4, -0.2) is 24.9 Å². The van der Waals surface area contributed by atoms with E-state index in [1.807, 2.05) is 41.8 Å². The summed E-state index contributed by atoms with van der Waals surface area (Å²) in [5, 5.41) is 15.7. The second kappa shape index (κ2) is 8.29. The molecule has 0 fully saturated rings. The number of rotatable bonds is 7. The van der Waals surface area contributed by atoms with E-state index in [2.05, 4.69) is 44.0 Å². The third-order valence-electron chi connectivity index (χ3n) is 4.53. The fourth-order valence-corrected chi connectivity index (χ4v) is 4.49. The fraction of sp³-hybridized carbons (Fsp3) is 0.143. The Bertz CT molecular complexity index is 1240. The van der Waals surface area contributed by atoms with E-state index in [0.29, 0.717) is 24.0 Å². The van der Waals surface area contributed by atoms with E-state index < -0.39 is 0 Å². The van der Waals surface area contributed by atoms with Crippen LogP contribution in [0.5, 0.6) is 0 Å². The van der Waals surface area contributed by atoms with Crippen molar-refractivity contribution < 1.29 is 8.94 Å². The maximum absolute atomic E-state index is 5.57. The van der Waals surface area contributed by atoms with E-state index in [1.54, 1.807) is 17.6 Å². The molecule has 4 heterocycles. The number of hydrogen-bond donors (Lipinski definition) is 0. The van der Waals surface area contributed by atoms with Crippen LogP contribution >= 0.6 is 23.1 Å².